The van der Waals surface area contributed by atoms with Crippen LogP contribution in [0.15, 0.2) is 42.5 Å². The van der Waals surface area contributed by atoms with Gasteiger partial charge < -0.3 is 14.8 Å². The Morgan fingerprint density at radius 2 is 1.93 bits per heavy atom. The highest BCUT2D eigenvalue weighted by Crippen LogP contribution is 2.35. The second-order valence-corrected chi connectivity index (χ2v) is 5.74. The van der Waals surface area contributed by atoms with Crippen LogP contribution in [0.5, 0.6) is 11.5 Å². The number of aromatic nitrogens is 4. The molecular weight excluding hydrogens is 346 g/mol. The van der Waals surface area contributed by atoms with Crippen molar-refractivity contribution in [1.29, 1.82) is 0 Å². The first-order chi connectivity index (χ1) is 13.2. The van der Waals surface area contributed by atoms with E-state index in [1.807, 2.05) is 37.3 Å². The lowest BCUT2D eigenvalue weighted by molar-refractivity contribution is -0.117. The summed E-state index contributed by atoms with van der Waals surface area (Å²) in [6.07, 6.45) is 0.831. The van der Waals surface area contributed by atoms with E-state index >= 15 is 0 Å². The van der Waals surface area contributed by atoms with Crippen LogP contribution in [-0.2, 0) is 17.8 Å². The number of rotatable bonds is 7. The van der Waals surface area contributed by atoms with Crippen LogP contribution < -0.4 is 14.8 Å². The molecule has 1 heterocycles. The van der Waals surface area contributed by atoms with Gasteiger partial charge in [-0.2, -0.15) is 4.80 Å². The number of carbonyl (C=O) groups excluding carboxylic acids is 1. The number of aryl methyl sites for hydroxylation is 1. The minimum absolute atomic E-state index is 0.0443. The summed E-state index contributed by atoms with van der Waals surface area (Å²) in [7, 11) is 3.11. The van der Waals surface area contributed by atoms with Gasteiger partial charge in [0.05, 0.1) is 19.8 Å². The highest BCUT2D eigenvalue weighted by molar-refractivity contribution is 5.91. The molecule has 0 aliphatic rings. The highest BCUT2D eigenvalue weighted by atomic mass is 16.5. The van der Waals surface area contributed by atoms with E-state index in [-0.39, 0.29) is 12.5 Å². The molecule has 0 atom stereocenters. The summed E-state index contributed by atoms with van der Waals surface area (Å²) >= 11 is 0. The molecule has 0 bridgehead atoms. The lowest BCUT2D eigenvalue weighted by atomic mass is 10.1. The number of hydrogen-bond donors (Lipinski definition) is 1. The monoisotopic (exact) mass is 367 g/mol. The number of tetrazole rings is 1. The van der Waals surface area contributed by atoms with Gasteiger partial charge in [-0.15, -0.1) is 10.2 Å². The molecule has 140 valence electrons. The molecule has 0 spiro atoms. The first-order valence-corrected chi connectivity index (χ1v) is 8.53. The fourth-order valence-electron chi connectivity index (χ4n) is 2.75. The number of carbonyl (C=O) groups is 1. The molecule has 3 aromatic rings. The van der Waals surface area contributed by atoms with Crippen molar-refractivity contribution < 1.29 is 14.3 Å². The van der Waals surface area contributed by atoms with Crippen molar-refractivity contribution in [3.8, 4) is 22.9 Å². The molecule has 0 fully saturated rings. The number of ether oxygens (including phenoxy) is 2. The number of nitrogens with one attached hydrogen (secondary N) is 1. The van der Waals surface area contributed by atoms with Crippen molar-refractivity contribution in [2.45, 2.75) is 19.9 Å². The maximum absolute atomic E-state index is 12.3. The van der Waals surface area contributed by atoms with Gasteiger partial charge in [-0.3, -0.25) is 4.79 Å². The third-order valence-electron chi connectivity index (χ3n) is 4.05. The molecule has 3 rings (SSSR count). The number of nitrogens with zero attached hydrogens (tertiary/aromatic N) is 4. The predicted octanol–water partition coefficient (Wildman–Crippen LogP) is 2.56. The van der Waals surface area contributed by atoms with Crippen LogP contribution in [0.3, 0.4) is 0 Å². The molecule has 1 aromatic heterocycles. The smallest absolute Gasteiger partial charge is 0.248 e. The lowest BCUT2D eigenvalue weighted by Gasteiger charge is -2.10. The molecule has 27 heavy (non-hydrogen) atoms. The molecule has 0 saturated heterocycles. The molecular formula is C19H21N5O3. The van der Waals surface area contributed by atoms with Crippen molar-refractivity contribution >= 4 is 11.6 Å². The minimum Gasteiger partial charge on any atom is -0.493 e. The number of methoxy groups -OCH3 is 2. The third kappa shape index (κ3) is 4.05. The molecule has 1 amide bonds. The van der Waals surface area contributed by atoms with Gasteiger partial charge in [0, 0.05) is 5.69 Å². The van der Waals surface area contributed by atoms with Gasteiger partial charge in [0.15, 0.2) is 11.5 Å². The van der Waals surface area contributed by atoms with Gasteiger partial charge in [0.1, 0.15) is 6.54 Å². The average molecular weight is 367 g/mol. The van der Waals surface area contributed by atoms with Crippen LogP contribution in [0.25, 0.3) is 11.4 Å². The Balaban J connectivity index is 1.76. The Morgan fingerprint density at radius 3 is 2.67 bits per heavy atom. The zero-order valence-corrected chi connectivity index (χ0v) is 15.5. The lowest BCUT2D eigenvalue weighted by Crippen LogP contribution is -2.21. The maximum atomic E-state index is 12.3. The van der Waals surface area contributed by atoms with Crippen LogP contribution in [0.2, 0.25) is 0 Å². The Kier molecular flexibility index (Phi) is 5.65. The molecule has 2 aromatic carbocycles. The van der Waals surface area contributed by atoms with E-state index in [9.17, 15) is 4.79 Å². The summed E-state index contributed by atoms with van der Waals surface area (Å²) in [6, 6.07) is 13.1. The molecule has 0 aliphatic carbocycles. The largest absolute Gasteiger partial charge is 0.493 e. The minimum atomic E-state index is -0.225. The molecule has 0 radical (unpaired) electrons. The standard InChI is InChI=1S/C19H21N5O3/c1-4-13-8-5-6-10-15(13)20-17(25)12-24-22-19(21-23-24)14-9-7-11-16(26-2)18(14)27-3/h5-11H,4,12H2,1-3H3,(H,20,25). The predicted molar refractivity (Wildman–Crippen MR) is 101 cm³/mol. The van der Waals surface area contributed by atoms with E-state index in [1.165, 1.54) is 4.80 Å². The average Bonchev–Trinajstić information content (AvgIpc) is 3.15. The SMILES string of the molecule is CCc1ccccc1NC(=O)Cn1nnc(-c2cccc(OC)c2OC)n1. The Bertz CT molecular complexity index is 939. The molecule has 1 N–H and O–H groups in total. The van der Waals surface area contributed by atoms with Crippen LogP contribution in [0.1, 0.15) is 12.5 Å². The summed E-state index contributed by atoms with van der Waals surface area (Å²) in [5.74, 6) is 1.21. The van der Waals surface area contributed by atoms with Crippen molar-refractivity contribution in [2.24, 2.45) is 0 Å². The quantitative estimate of drug-likeness (QED) is 0.690. The summed E-state index contributed by atoms with van der Waals surface area (Å²) in [5, 5.41) is 15.2. The topological polar surface area (TPSA) is 91.2 Å². The Labute approximate surface area is 157 Å². The number of hydrogen-bond acceptors (Lipinski definition) is 6. The molecule has 8 nitrogen and oxygen atoms in total. The zero-order valence-electron chi connectivity index (χ0n) is 15.5. The van der Waals surface area contributed by atoms with Gasteiger partial charge in [0.25, 0.3) is 0 Å². The van der Waals surface area contributed by atoms with E-state index < -0.39 is 0 Å². The molecule has 0 aliphatic heterocycles. The van der Waals surface area contributed by atoms with E-state index in [1.54, 1.807) is 26.4 Å². The first kappa shape index (κ1) is 18.4. The molecule has 8 heteroatoms. The van der Waals surface area contributed by atoms with Crippen molar-refractivity contribution in [3.05, 3.63) is 48.0 Å². The summed E-state index contributed by atoms with van der Waals surface area (Å²) in [4.78, 5) is 13.6. The van der Waals surface area contributed by atoms with E-state index in [4.69, 9.17) is 9.47 Å². The van der Waals surface area contributed by atoms with E-state index in [2.05, 4.69) is 20.7 Å². The van der Waals surface area contributed by atoms with Gasteiger partial charge in [-0.1, -0.05) is 31.2 Å². The van der Waals surface area contributed by atoms with Gasteiger partial charge >= 0.3 is 0 Å². The second-order valence-electron chi connectivity index (χ2n) is 5.74. The van der Waals surface area contributed by atoms with Gasteiger partial charge in [-0.25, -0.2) is 0 Å². The van der Waals surface area contributed by atoms with E-state index in [0.29, 0.717) is 22.9 Å². The van der Waals surface area contributed by atoms with Crippen LogP contribution in [0.4, 0.5) is 5.69 Å². The number of anilines is 1. The van der Waals surface area contributed by atoms with Crippen LogP contribution >= 0.6 is 0 Å². The van der Waals surface area contributed by atoms with Crippen molar-refractivity contribution in [3.63, 3.8) is 0 Å². The van der Waals surface area contributed by atoms with Gasteiger partial charge in [-0.05, 0) is 35.4 Å². The summed E-state index contributed by atoms with van der Waals surface area (Å²) in [6.45, 7) is 2.00. The van der Waals surface area contributed by atoms with Crippen molar-refractivity contribution in [1.82, 2.24) is 20.2 Å². The zero-order chi connectivity index (χ0) is 19.2. The Hall–Kier alpha value is -3.42. The normalized spacial score (nSPS) is 10.5. The fourth-order valence-corrected chi connectivity index (χ4v) is 2.75. The highest BCUT2D eigenvalue weighted by Gasteiger charge is 2.16. The summed E-state index contributed by atoms with van der Waals surface area (Å²) in [5.41, 5.74) is 2.50. The second kappa shape index (κ2) is 8.31. The van der Waals surface area contributed by atoms with Crippen LogP contribution in [0, 0.1) is 0 Å². The fraction of sp³-hybridized carbons (Fsp3) is 0.263. The molecule has 0 saturated carbocycles. The number of benzene rings is 2. The maximum Gasteiger partial charge on any atom is 0.248 e. The Morgan fingerprint density at radius 1 is 1.11 bits per heavy atom. The molecule has 0 unspecified atom stereocenters. The number of amides is 1. The van der Waals surface area contributed by atoms with Crippen molar-refractivity contribution in [2.75, 3.05) is 19.5 Å². The van der Waals surface area contributed by atoms with Crippen LogP contribution in [-0.4, -0.2) is 40.3 Å². The summed E-state index contributed by atoms with van der Waals surface area (Å²) < 4.78 is 10.7. The number of para-hydroxylation sites is 2. The van der Waals surface area contributed by atoms with Gasteiger partial charge in [0.2, 0.25) is 11.7 Å². The third-order valence-corrected chi connectivity index (χ3v) is 4.05. The van der Waals surface area contributed by atoms with E-state index in [0.717, 1.165) is 17.7 Å². The first-order valence-electron chi connectivity index (χ1n) is 8.53.